The van der Waals surface area contributed by atoms with Gasteiger partial charge in [0.05, 0.1) is 0 Å². The van der Waals surface area contributed by atoms with E-state index < -0.39 is 0 Å². The second kappa shape index (κ2) is 4.28. The molecule has 0 N–H and O–H groups in total. The van der Waals surface area contributed by atoms with Crippen LogP contribution >= 0.6 is 31.9 Å². The Morgan fingerprint density at radius 3 is 1.00 bits per heavy atom. The van der Waals surface area contributed by atoms with Crippen molar-refractivity contribution < 1.29 is 0 Å². The predicted molar refractivity (Wildman–Crippen MR) is 90.3 cm³/mol. The lowest BCUT2D eigenvalue weighted by molar-refractivity contribution is -0.257. The van der Waals surface area contributed by atoms with Gasteiger partial charge in [0.2, 0.25) is 0 Å². The molecular formula is C18H26Br2. The lowest BCUT2D eigenvalue weighted by Gasteiger charge is -2.75. The van der Waals surface area contributed by atoms with Crippen molar-refractivity contribution in [2.45, 2.75) is 51.4 Å². The smallest absolute Gasteiger partial charge is 0.00365 e. The normalized spacial score (nSPS) is 61.5. The van der Waals surface area contributed by atoms with Gasteiger partial charge in [0, 0.05) is 10.7 Å². The molecule has 0 nitrogen and oxygen atoms in total. The highest BCUT2D eigenvalue weighted by Gasteiger charge is 2.69. The third kappa shape index (κ3) is 1.54. The van der Waals surface area contributed by atoms with Crippen LogP contribution in [-0.2, 0) is 0 Å². The molecule has 7 fully saturated rings. The molecule has 7 rings (SSSR count). The van der Waals surface area contributed by atoms with E-state index >= 15 is 0 Å². The van der Waals surface area contributed by atoms with E-state index in [1.54, 1.807) is 38.5 Å². The summed E-state index contributed by atoms with van der Waals surface area (Å²) in [5, 5.41) is 2.49. The van der Waals surface area contributed by atoms with Crippen molar-refractivity contribution >= 4 is 31.9 Å². The molecule has 0 aromatic carbocycles. The number of alkyl halides is 2. The highest BCUT2D eigenvalue weighted by atomic mass is 79.9. The summed E-state index contributed by atoms with van der Waals surface area (Å²) in [6, 6.07) is 0. The zero-order chi connectivity index (χ0) is 13.5. The number of halogens is 2. The van der Waals surface area contributed by atoms with Gasteiger partial charge in [-0.05, 0) is 97.7 Å². The van der Waals surface area contributed by atoms with Crippen LogP contribution in [0.2, 0.25) is 0 Å². The molecule has 0 aromatic rings. The van der Waals surface area contributed by atoms with Gasteiger partial charge in [-0.1, -0.05) is 31.9 Å². The Balaban J connectivity index is 1.51. The van der Waals surface area contributed by atoms with E-state index in [-0.39, 0.29) is 0 Å². The summed E-state index contributed by atoms with van der Waals surface area (Å²) >= 11 is 7.50. The molecule has 0 atom stereocenters. The number of hydrogen-bond donors (Lipinski definition) is 0. The first-order chi connectivity index (χ1) is 9.69. The summed E-state index contributed by atoms with van der Waals surface area (Å²) in [6.07, 6.45) is 12.6. The molecule has 0 radical (unpaired) electrons. The van der Waals surface area contributed by atoms with Crippen molar-refractivity contribution in [3.63, 3.8) is 0 Å². The minimum atomic E-state index is 0.778. The second-order valence-electron chi connectivity index (χ2n) is 9.09. The molecule has 0 aromatic heterocycles. The molecule has 0 heterocycles. The maximum atomic E-state index is 3.75. The third-order valence-corrected chi connectivity index (χ3v) is 9.35. The van der Waals surface area contributed by atoms with Gasteiger partial charge in [-0.2, -0.15) is 0 Å². The molecule has 112 valence electrons. The standard InChI is InChI=1S/C18H26Br2/c19-3-1-17-5-11-14-8-18(2-4-20)9-15(11)13(7-17)16(10-18)12(14)6-17/h11-16H,1-10H2. The van der Waals surface area contributed by atoms with E-state index in [0.29, 0.717) is 0 Å². The second-order valence-corrected chi connectivity index (χ2v) is 10.7. The van der Waals surface area contributed by atoms with Crippen LogP contribution in [0, 0.1) is 46.3 Å². The molecule has 0 saturated heterocycles. The van der Waals surface area contributed by atoms with E-state index in [1.807, 2.05) is 0 Å². The molecule has 2 heteroatoms. The Hall–Kier alpha value is 0.960. The van der Waals surface area contributed by atoms with Crippen molar-refractivity contribution in [3.8, 4) is 0 Å². The molecule has 7 aliphatic carbocycles. The zero-order valence-electron chi connectivity index (χ0n) is 12.3. The maximum absolute atomic E-state index is 3.75. The molecule has 0 aliphatic heterocycles. The summed E-state index contributed by atoms with van der Waals surface area (Å²) in [7, 11) is 0. The Morgan fingerprint density at radius 2 is 0.800 bits per heavy atom. The van der Waals surface area contributed by atoms with Gasteiger partial charge in [-0.25, -0.2) is 0 Å². The minimum absolute atomic E-state index is 0.778. The summed E-state index contributed by atoms with van der Waals surface area (Å²) < 4.78 is 0. The van der Waals surface area contributed by atoms with E-state index in [2.05, 4.69) is 31.9 Å². The van der Waals surface area contributed by atoms with E-state index in [0.717, 1.165) is 46.3 Å². The van der Waals surface area contributed by atoms with E-state index in [1.165, 1.54) is 23.5 Å². The fourth-order valence-electron chi connectivity index (χ4n) is 8.23. The van der Waals surface area contributed by atoms with Crippen molar-refractivity contribution in [2.75, 3.05) is 10.7 Å². The van der Waals surface area contributed by atoms with Gasteiger partial charge >= 0.3 is 0 Å². The SMILES string of the molecule is BrCCC12CC3C4CC5(CCBr)CC3C(C1)C(C5)C4C2. The highest BCUT2D eigenvalue weighted by molar-refractivity contribution is 9.09. The Kier molecular flexibility index (Phi) is 2.87. The van der Waals surface area contributed by atoms with Gasteiger partial charge in [-0.3, -0.25) is 0 Å². The van der Waals surface area contributed by atoms with Crippen LogP contribution in [0.4, 0.5) is 0 Å². The summed E-state index contributed by atoms with van der Waals surface area (Å²) in [6.45, 7) is 0. The van der Waals surface area contributed by atoms with Crippen LogP contribution in [0.25, 0.3) is 0 Å². The van der Waals surface area contributed by atoms with Crippen LogP contribution in [-0.4, -0.2) is 10.7 Å². The largest absolute Gasteiger partial charge is 0.0928 e. The lowest BCUT2D eigenvalue weighted by atomic mass is 9.30. The molecule has 7 aliphatic rings. The Bertz CT molecular complexity index is 326. The van der Waals surface area contributed by atoms with Crippen LogP contribution < -0.4 is 0 Å². The van der Waals surface area contributed by atoms with Gasteiger partial charge in [0.1, 0.15) is 0 Å². The monoisotopic (exact) mass is 400 g/mol. The van der Waals surface area contributed by atoms with Crippen LogP contribution in [0.3, 0.4) is 0 Å². The van der Waals surface area contributed by atoms with Crippen LogP contribution in [0.5, 0.6) is 0 Å². The molecule has 0 spiro atoms. The number of hydrogen-bond acceptors (Lipinski definition) is 0. The lowest BCUT2D eigenvalue weighted by Crippen LogP contribution is -2.67. The Morgan fingerprint density at radius 1 is 0.550 bits per heavy atom. The fraction of sp³-hybridized carbons (Fsp3) is 1.00. The molecule has 0 unspecified atom stereocenters. The summed E-state index contributed by atoms with van der Waals surface area (Å²) in [4.78, 5) is 0. The summed E-state index contributed by atoms with van der Waals surface area (Å²) in [5.74, 6) is 6.87. The quantitative estimate of drug-likeness (QED) is 0.535. The minimum Gasteiger partial charge on any atom is -0.0928 e. The molecule has 7 saturated carbocycles. The van der Waals surface area contributed by atoms with Gasteiger partial charge < -0.3 is 0 Å². The van der Waals surface area contributed by atoms with Crippen molar-refractivity contribution in [2.24, 2.45) is 46.3 Å². The topological polar surface area (TPSA) is 0 Å². The third-order valence-electron chi connectivity index (χ3n) is 8.56. The van der Waals surface area contributed by atoms with Crippen LogP contribution in [0.15, 0.2) is 0 Å². The fourth-order valence-corrected chi connectivity index (χ4v) is 9.92. The highest BCUT2D eigenvalue weighted by Crippen LogP contribution is 2.77. The molecular weight excluding hydrogens is 376 g/mol. The number of rotatable bonds is 4. The predicted octanol–water partition coefficient (Wildman–Crippen LogP) is 5.64. The van der Waals surface area contributed by atoms with Crippen molar-refractivity contribution in [1.82, 2.24) is 0 Å². The van der Waals surface area contributed by atoms with Gasteiger partial charge in [0.25, 0.3) is 0 Å². The maximum Gasteiger partial charge on any atom is 0.00365 e. The van der Waals surface area contributed by atoms with Crippen molar-refractivity contribution in [3.05, 3.63) is 0 Å². The average Bonchev–Trinajstić information content (AvgIpc) is 2.44. The van der Waals surface area contributed by atoms with E-state index in [9.17, 15) is 0 Å². The zero-order valence-corrected chi connectivity index (χ0v) is 15.5. The first-order valence-electron chi connectivity index (χ1n) is 8.81. The molecule has 20 heavy (non-hydrogen) atoms. The van der Waals surface area contributed by atoms with Crippen molar-refractivity contribution in [1.29, 1.82) is 0 Å². The van der Waals surface area contributed by atoms with Gasteiger partial charge in [0.15, 0.2) is 0 Å². The Labute approximate surface area is 140 Å². The van der Waals surface area contributed by atoms with Gasteiger partial charge in [-0.15, -0.1) is 0 Å². The average molecular weight is 402 g/mol. The van der Waals surface area contributed by atoms with E-state index in [4.69, 9.17) is 0 Å². The summed E-state index contributed by atoms with van der Waals surface area (Å²) in [5.41, 5.74) is 1.56. The first-order valence-corrected chi connectivity index (χ1v) is 11.1. The van der Waals surface area contributed by atoms with Crippen LogP contribution in [0.1, 0.15) is 51.4 Å². The molecule has 0 amide bonds. The first kappa shape index (κ1) is 13.4. The molecule has 8 bridgehead atoms.